The van der Waals surface area contributed by atoms with Crippen molar-refractivity contribution >= 4 is 16.8 Å². The first-order chi connectivity index (χ1) is 14.4. The van der Waals surface area contributed by atoms with E-state index < -0.39 is 5.60 Å². The van der Waals surface area contributed by atoms with Crippen molar-refractivity contribution in [2.45, 2.75) is 31.9 Å². The Morgan fingerprint density at radius 2 is 1.90 bits per heavy atom. The molecular formula is C24H23N3O3. The second-order valence-electron chi connectivity index (χ2n) is 7.83. The van der Waals surface area contributed by atoms with Gasteiger partial charge in [-0.3, -0.25) is 14.2 Å². The van der Waals surface area contributed by atoms with Gasteiger partial charge in [0.25, 0.3) is 11.5 Å². The third-order valence-electron chi connectivity index (χ3n) is 5.51. The molecular weight excluding hydrogens is 378 g/mol. The number of aliphatic hydroxyl groups is 1. The van der Waals surface area contributed by atoms with Crippen molar-refractivity contribution in [2.24, 2.45) is 0 Å². The maximum absolute atomic E-state index is 12.8. The molecule has 30 heavy (non-hydrogen) atoms. The molecule has 0 aliphatic carbocycles. The normalized spacial score (nSPS) is 15.5. The molecule has 0 unspecified atom stereocenters. The van der Waals surface area contributed by atoms with E-state index in [0.717, 1.165) is 11.1 Å². The Balaban J connectivity index is 1.43. The second-order valence-corrected chi connectivity index (χ2v) is 7.83. The number of nitrogens with zero attached hydrogens (tertiary/aromatic N) is 3. The number of amides is 1. The summed E-state index contributed by atoms with van der Waals surface area (Å²) in [7, 11) is 0. The number of carbonyl (C=O) groups is 1. The van der Waals surface area contributed by atoms with Crippen molar-refractivity contribution in [2.75, 3.05) is 13.1 Å². The van der Waals surface area contributed by atoms with E-state index >= 15 is 0 Å². The summed E-state index contributed by atoms with van der Waals surface area (Å²) in [4.78, 5) is 31.2. The number of hydrogen-bond donors (Lipinski definition) is 1. The van der Waals surface area contributed by atoms with Gasteiger partial charge in [0.1, 0.15) is 0 Å². The molecule has 1 aliphatic heterocycles. The van der Waals surface area contributed by atoms with Crippen LogP contribution in [0.15, 0.2) is 59.7 Å². The summed E-state index contributed by atoms with van der Waals surface area (Å²) < 4.78 is 1.46. The maximum Gasteiger partial charge on any atom is 0.298 e. The van der Waals surface area contributed by atoms with Gasteiger partial charge in [-0.2, -0.15) is 0 Å². The van der Waals surface area contributed by atoms with Crippen LogP contribution in [0.25, 0.3) is 10.9 Å². The lowest BCUT2D eigenvalue weighted by Gasteiger charge is -2.37. The molecule has 1 aromatic heterocycles. The van der Waals surface area contributed by atoms with Crippen LogP contribution >= 0.6 is 0 Å². The molecule has 152 valence electrons. The zero-order valence-corrected chi connectivity index (χ0v) is 16.8. The Kier molecular flexibility index (Phi) is 5.39. The fraction of sp³-hybridized carbons (Fsp3) is 0.292. The maximum atomic E-state index is 12.8. The van der Waals surface area contributed by atoms with Crippen molar-refractivity contribution in [3.8, 4) is 11.8 Å². The highest BCUT2D eigenvalue weighted by molar-refractivity contribution is 5.94. The number of piperidine rings is 1. The first-order valence-corrected chi connectivity index (χ1v) is 9.98. The molecule has 0 saturated carbocycles. The molecule has 1 fully saturated rings. The Bertz CT molecular complexity index is 1200. The zero-order valence-electron chi connectivity index (χ0n) is 16.8. The topological polar surface area (TPSA) is 75.4 Å². The van der Waals surface area contributed by atoms with Crippen LogP contribution in [0.1, 0.15) is 24.0 Å². The molecule has 2 heterocycles. The van der Waals surface area contributed by atoms with Gasteiger partial charge >= 0.3 is 0 Å². The minimum absolute atomic E-state index is 0.153. The molecule has 1 saturated heterocycles. The van der Waals surface area contributed by atoms with Gasteiger partial charge in [0.15, 0.2) is 0 Å². The molecule has 3 aromatic rings. The average Bonchev–Trinajstić information content (AvgIpc) is 2.75. The fourth-order valence-corrected chi connectivity index (χ4v) is 3.71. The number of aryl methyl sites for hydroxylation is 1. The minimum Gasteiger partial charge on any atom is -0.388 e. The molecule has 1 N–H and O–H groups in total. The Morgan fingerprint density at radius 3 is 2.63 bits per heavy atom. The van der Waals surface area contributed by atoms with Gasteiger partial charge in [-0.1, -0.05) is 30.2 Å². The van der Waals surface area contributed by atoms with Crippen LogP contribution in [0, 0.1) is 18.8 Å². The highest BCUT2D eigenvalue weighted by atomic mass is 16.3. The van der Waals surface area contributed by atoms with Gasteiger partial charge in [0, 0.05) is 24.6 Å². The van der Waals surface area contributed by atoms with Gasteiger partial charge in [0.05, 0.1) is 29.4 Å². The first-order valence-electron chi connectivity index (χ1n) is 9.98. The van der Waals surface area contributed by atoms with Crippen molar-refractivity contribution < 1.29 is 9.90 Å². The second kappa shape index (κ2) is 8.13. The summed E-state index contributed by atoms with van der Waals surface area (Å²) in [5, 5.41) is 11.5. The molecule has 1 aliphatic rings. The van der Waals surface area contributed by atoms with E-state index in [4.69, 9.17) is 0 Å². The van der Waals surface area contributed by atoms with Crippen LogP contribution in [-0.4, -0.2) is 44.2 Å². The third kappa shape index (κ3) is 4.27. The van der Waals surface area contributed by atoms with E-state index in [1.165, 1.54) is 10.9 Å². The van der Waals surface area contributed by atoms with E-state index in [1.54, 1.807) is 11.0 Å². The number of hydrogen-bond acceptors (Lipinski definition) is 4. The first kappa shape index (κ1) is 19.9. The van der Waals surface area contributed by atoms with Crippen LogP contribution in [0.5, 0.6) is 0 Å². The van der Waals surface area contributed by atoms with Crippen LogP contribution < -0.4 is 5.56 Å². The lowest BCUT2D eigenvalue weighted by atomic mass is 9.91. The van der Waals surface area contributed by atoms with E-state index in [9.17, 15) is 14.7 Å². The Morgan fingerprint density at radius 1 is 1.17 bits per heavy atom. The van der Waals surface area contributed by atoms with Crippen molar-refractivity contribution in [1.82, 2.24) is 14.5 Å². The molecule has 0 radical (unpaired) electrons. The van der Waals surface area contributed by atoms with Gasteiger partial charge in [0.2, 0.25) is 0 Å². The average molecular weight is 401 g/mol. The SMILES string of the molecule is Cc1ccc2c(=O)n(CC3(O)CCN(C(=O)C#Cc4ccccc4)CC3)cnc2c1. The standard InChI is InChI=1S/C24H23N3O3/c1-18-7-9-20-21(15-18)25-17-27(23(20)29)16-24(30)11-13-26(14-12-24)22(28)10-8-19-5-3-2-4-6-19/h2-7,9,15,17,30H,11-14,16H2,1H3. The van der Waals surface area contributed by atoms with Crippen LogP contribution in [0.3, 0.4) is 0 Å². The van der Waals surface area contributed by atoms with E-state index in [-0.39, 0.29) is 18.0 Å². The summed E-state index contributed by atoms with van der Waals surface area (Å²) in [5.74, 6) is 5.29. The quantitative estimate of drug-likeness (QED) is 0.668. The molecule has 2 aromatic carbocycles. The predicted octanol–water partition coefficient (Wildman–Crippen LogP) is 2.11. The molecule has 6 nitrogen and oxygen atoms in total. The van der Waals surface area contributed by atoms with Crippen molar-refractivity contribution in [1.29, 1.82) is 0 Å². The molecule has 0 bridgehead atoms. The van der Waals surface area contributed by atoms with Crippen molar-refractivity contribution in [3.05, 3.63) is 76.3 Å². The molecule has 6 heteroatoms. The highest BCUT2D eigenvalue weighted by Gasteiger charge is 2.34. The number of benzene rings is 2. The molecule has 0 spiro atoms. The van der Waals surface area contributed by atoms with Gasteiger partial charge in [-0.25, -0.2) is 4.98 Å². The highest BCUT2D eigenvalue weighted by Crippen LogP contribution is 2.24. The lowest BCUT2D eigenvalue weighted by molar-refractivity contribution is -0.129. The molecule has 0 atom stereocenters. The summed E-state index contributed by atoms with van der Waals surface area (Å²) in [5.41, 5.74) is 1.25. The van der Waals surface area contributed by atoms with Gasteiger partial charge < -0.3 is 10.0 Å². The van der Waals surface area contributed by atoms with Gasteiger partial charge in [-0.15, -0.1) is 0 Å². The van der Waals surface area contributed by atoms with Crippen LogP contribution in [0.2, 0.25) is 0 Å². The smallest absolute Gasteiger partial charge is 0.298 e. The fourth-order valence-electron chi connectivity index (χ4n) is 3.71. The lowest BCUT2D eigenvalue weighted by Crippen LogP contribution is -2.49. The molecule has 1 amide bonds. The van der Waals surface area contributed by atoms with E-state index in [1.807, 2.05) is 49.4 Å². The number of likely N-dealkylation sites (tertiary alicyclic amines) is 1. The monoisotopic (exact) mass is 401 g/mol. The summed E-state index contributed by atoms with van der Waals surface area (Å²) in [6.45, 7) is 2.90. The number of carbonyl (C=O) groups excluding carboxylic acids is 1. The van der Waals surface area contributed by atoms with Crippen LogP contribution in [0.4, 0.5) is 0 Å². The Labute approximate surface area is 174 Å². The summed E-state index contributed by atoms with van der Waals surface area (Å²) >= 11 is 0. The van der Waals surface area contributed by atoms with E-state index in [0.29, 0.717) is 36.8 Å². The summed E-state index contributed by atoms with van der Waals surface area (Å²) in [6, 6.07) is 14.9. The number of fused-ring (bicyclic) bond motifs is 1. The van der Waals surface area contributed by atoms with Gasteiger partial charge in [-0.05, 0) is 49.6 Å². The largest absolute Gasteiger partial charge is 0.388 e. The third-order valence-corrected chi connectivity index (χ3v) is 5.51. The summed E-state index contributed by atoms with van der Waals surface area (Å²) in [6.07, 6.45) is 2.25. The predicted molar refractivity (Wildman–Crippen MR) is 115 cm³/mol. The zero-order chi connectivity index (χ0) is 21.1. The number of aromatic nitrogens is 2. The minimum atomic E-state index is -1.06. The van der Waals surface area contributed by atoms with Crippen molar-refractivity contribution in [3.63, 3.8) is 0 Å². The Hall–Kier alpha value is -3.43. The van der Waals surface area contributed by atoms with E-state index in [2.05, 4.69) is 16.8 Å². The molecule has 4 rings (SSSR count). The van der Waals surface area contributed by atoms with Crippen LogP contribution in [-0.2, 0) is 11.3 Å². The number of rotatable bonds is 2.